The molecule has 2 rings (SSSR count). The van der Waals surface area contributed by atoms with Crippen molar-refractivity contribution in [3.63, 3.8) is 0 Å². The second-order valence-corrected chi connectivity index (χ2v) is 4.08. The molecule has 1 aromatic heterocycles. The van der Waals surface area contributed by atoms with E-state index in [0.717, 1.165) is 23.6 Å². The van der Waals surface area contributed by atoms with Gasteiger partial charge in [-0.25, -0.2) is 4.39 Å². The van der Waals surface area contributed by atoms with Gasteiger partial charge in [0.25, 0.3) is 0 Å². The molecule has 0 aliphatic heterocycles. The summed E-state index contributed by atoms with van der Waals surface area (Å²) in [5.74, 6) is -0.194. The zero-order valence-corrected chi connectivity index (χ0v) is 10.5. The van der Waals surface area contributed by atoms with Crippen LogP contribution in [-0.4, -0.2) is 11.5 Å². The van der Waals surface area contributed by atoms with E-state index in [1.807, 2.05) is 13.0 Å². The minimum Gasteiger partial charge on any atom is -0.384 e. The summed E-state index contributed by atoms with van der Waals surface area (Å²) >= 11 is 0. The van der Waals surface area contributed by atoms with E-state index in [4.69, 9.17) is 0 Å². The SMILES string of the molecule is CCNc1cncc(Nc2ccc(F)c(C)c2)c1. The van der Waals surface area contributed by atoms with Gasteiger partial charge in [-0.2, -0.15) is 0 Å². The van der Waals surface area contributed by atoms with Crippen molar-refractivity contribution in [3.05, 3.63) is 48.0 Å². The van der Waals surface area contributed by atoms with Gasteiger partial charge in [0.15, 0.2) is 0 Å². The maximum absolute atomic E-state index is 13.2. The lowest BCUT2D eigenvalue weighted by atomic mass is 10.2. The number of pyridine rings is 1. The molecule has 0 spiro atoms. The van der Waals surface area contributed by atoms with Crippen LogP contribution in [-0.2, 0) is 0 Å². The number of aromatic nitrogens is 1. The molecule has 0 unspecified atom stereocenters. The van der Waals surface area contributed by atoms with Crippen LogP contribution in [0.1, 0.15) is 12.5 Å². The molecule has 0 bridgehead atoms. The maximum atomic E-state index is 13.2. The summed E-state index contributed by atoms with van der Waals surface area (Å²) in [4.78, 5) is 4.14. The summed E-state index contributed by atoms with van der Waals surface area (Å²) in [6.07, 6.45) is 3.50. The molecule has 2 aromatic rings. The standard InChI is InChI=1S/C14H16FN3/c1-3-17-12-7-13(9-16-8-12)18-11-4-5-14(15)10(2)6-11/h4-9,17-18H,3H2,1-2H3. The summed E-state index contributed by atoms with van der Waals surface area (Å²) in [5.41, 5.74) is 3.31. The first-order chi connectivity index (χ1) is 8.69. The van der Waals surface area contributed by atoms with Crippen molar-refractivity contribution >= 4 is 17.1 Å². The fourth-order valence-corrected chi connectivity index (χ4v) is 1.70. The predicted molar refractivity (Wildman–Crippen MR) is 72.8 cm³/mol. The van der Waals surface area contributed by atoms with Crippen molar-refractivity contribution < 1.29 is 4.39 Å². The van der Waals surface area contributed by atoms with Gasteiger partial charge >= 0.3 is 0 Å². The summed E-state index contributed by atoms with van der Waals surface area (Å²) < 4.78 is 13.2. The molecule has 0 fully saturated rings. The van der Waals surface area contributed by atoms with Crippen molar-refractivity contribution in [2.45, 2.75) is 13.8 Å². The van der Waals surface area contributed by atoms with E-state index in [0.29, 0.717) is 5.56 Å². The van der Waals surface area contributed by atoms with E-state index in [1.165, 1.54) is 6.07 Å². The Morgan fingerprint density at radius 2 is 1.89 bits per heavy atom. The molecule has 1 aromatic carbocycles. The Hall–Kier alpha value is -2.10. The van der Waals surface area contributed by atoms with Crippen LogP contribution in [0.2, 0.25) is 0 Å². The minimum absolute atomic E-state index is 0.194. The molecule has 0 aliphatic carbocycles. The van der Waals surface area contributed by atoms with E-state index in [-0.39, 0.29) is 5.82 Å². The molecule has 0 radical (unpaired) electrons. The maximum Gasteiger partial charge on any atom is 0.126 e. The topological polar surface area (TPSA) is 37.0 Å². The molecule has 18 heavy (non-hydrogen) atoms. The Bertz CT molecular complexity index is 540. The number of nitrogens with zero attached hydrogens (tertiary/aromatic N) is 1. The molecule has 2 N–H and O–H groups in total. The van der Waals surface area contributed by atoms with E-state index in [2.05, 4.69) is 15.6 Å². The zero-order chi connectivity index (χ0) is 13.0. The number of aryl methyl sites for hydroxylation is 1. The lowest BCUT2D eigenvalue weighted by molar-refractivity contribution is 0.619. The van der Waals surface area contributed by atoms with Gasteiger partial charge in [-0.05, 0) is 43.7 Å². The Morgan fingerprint density at radius 1 is 1.11 bits per heavy atom. The Balaban J connectivity index is 2.17. The average molecular weight is 245 g/mol. The molecular formula is C14H16FN3. The predicted octanol–water partition coefficient (Wildman–Crippen LogP) is 3.70. The number of nitrogens with one attached hydrogen (secondary N) is 2. The monoisotopic (exact) mass is 245 g/mol. The molecular weight excluding hydrogens is 229 g/mol. The smallest absolute Gasteiger partial charge is 0.126 e. The molecule has 4 heteroatoms. The van der Waals surface area contributed by atoms with E-state index in [1.54, 1.807) is 31.5 Å². The second-order valence-electron chi connectivity index (χ2n) is 4.08. The van der Waals surface area contributed by atoms with Gasteiger partial charge in [-0.15, -0.1) is 0 Å². The third-order valence-corrected chi connectivity index (χ3v) is 2.57. The molecule has 1 heterocycles. The molecule has 0 amide bonds. The van der Waals surface area contributed by atoms with Crippen molar-refractivity contribution in [1.29, 1.82) is 0 Å². The van der Waals surface area contributed by atoms with Gasteiger partial charge in [0, 0.05) is 12.2 Å². The van der Waals surface area contributed by atoms with Gasteiger partial charge in [0.1, 0.15) is 5.82 Å². The van der Waals surface area contributed by atoms with E-state index in [9.17, 15) is 4.39 Å². The van der Waals surface area contributed by atoms with Gasteiger partial charge in [-0.1, -0.05) is 0 Å². The van der Waals surface area contributed by atoms with Crippen molar-refractivity contribution in [2.75, 3.05) is 17.2 Å². The number of hydrogen-bond acceptors (Lipinski definition) is 3. The van der Waals surface area contributed by atoms with Crippen LogP contribution in [0.15, 0.2) is 36.7 Å². The number of anilines is 3. The van der Waals surface area contributed by atoms with Crippen LogP contribution in [0.4, 0.5) is 21.5 Å². The van der Waals surface area contributed by atoms with E-state index >= 15 is 0 Å². The summed E-state index contributed by atoms with van der Waals surface area (Å²) in [5, 5.41) is 6.39. The Labute approximate surface area is 106 Å². The Morgan fingerprint density at radius 3 is 2.61 bits per heavy atom. The Kier molecular flexibility index (Phi) is 3.77. The molecule has 0 atom stereocenters. The van der Waals surface area contributed by atoms with Crippen molar-refractivity contribution in [2.24, 2.45) is 0 Å². The third kappa shape index (κ3) is 2.97. The number of rotatable bonds is 4. The highest BCUT2D eigenvalue weighted by Gasteiger charge is 2.00. The first kappa shape index (κ1) is 12.4. The second kappa shape index (κ2) is 5.49. The van der Waals surface area contributed by atoms with Crippen molar-refractivity contribution in [3.8, 4) is 0 Å². The van der Waals surface area contributed by atoms with E-state index < -0.39 is 0 Å². The zero-order valence-electron chi connectivity index (χ0n) is 10.5. The van der Waals surface area contributed by atoms with Crippen LogP contribution < -0.4 is 10.6 Å². The number of halogens is 1. The lowest BCUT2D eigenvalue weighted by Gasteiger charge is -2.09. The normalized spacial score (nSPS) is 10.2. The molecule has 94 valence electrons. The summed E-state index contributed by atoms with van der Waals surface area (Å²) in [6.45, 7) is 4.62. The van der Waals surface area contributed by atoms with Crippen LogP contribution in [0.5, 0.6) is 0 Å². The summed E-state index contributed by atoms with van der Waals surface area (Å²) in [6, 6.07) is 6.91. The van der Waals surface area contributed by atoms with Crippen LogP contribution >= 0.6 is 0 Å². The van der Waals surface area contributed by atoms with Crippen molar-refractivity contribution in [1.82, 2.24) is 4.98 Å². The highest BCUT2D eigenvalue weighted by Crippen LogP contribution is 2.20. The largest absolute Gasteiger partial charge is 0.384 e. The third-order valence-electron chi connectivity index (χ3n) is 2.57. The number of benzene rings is 1. The highest BCUT2D eigenvalue weighted by atomic mass is 19.1. The quantitative estimate of drug-likeness (QED) is 0.862. The summed E-state index contributed by atoms with van der Waals surface area (Å²) in [7, 11) is 0. The highest BCUT2D eigenvalue weighted by molar-refractivity contribution is 5.63. The minimum atomic E-state index is -0.194. The first-order valence-corrected chi connectivity index (χ1v) is 5.91. The average Bonchev–Trinajstić information content (AvgIpc) is 2.35. The fraction of sp³-hybridized carbons (Fsp3) is 0.214. The van der Waals surface area contributed by atoms with Crippen LogP contribution in [0.25, 0.3) is 0 Å². The molecule has 0 saturated carbocycles. The van der Waals surface area contributed by atoms with Crippen LogP contribution in [0, 0.1) is 12.7 Å². The van der Waals surface area contributed by atoms with Gasteiger partial charge in [0.05, 0.1) is 23.8 Å². The fourth-order valence-electron chi connectivity index (χ4n) is 1.70. The number of hydrogen-bond donors (Lipinski definition) is 2. The van der Waals surface area contributed by atoms with Gasteiger partial charge < -0.3 is 10.6 Å². The van der Waals surface area contributed by atoms with Crippen LogP contribution in [0.3, 0.4) is 0 Å². The molecule has 0 saturated heterocycles. The molecule has 3 nitrogen and oxygen atoms in total. The van der Waals surface area contributed by atoms with Gasteiger partial charge in [-0.3, -0.25) is 4.98 Å². The molecule has 0 aliphatic rings. The first-order valence-electron chi connectivity index (χ1n) is 5.91. The van der Waals surface area contributed by atoms with Gasteiger partial charge in [0.2, 0.25) is 0 Å². The lowest BCUT2D eigenvalue weighted by Crippen LogP contribution is -1.98.